The fraction of sp³-hybridized carbons (Fsp3) is 0.154. The third-order valence-electron chi connectivity index (χ3n) is 2.62. The first-order valence-electron chi connectivity index (χ1n) is 5.48. The van der Waals surface area contributed by atoms with Crippen LogP contribution in [0.15, 0.2) is 30.3 Å². The fourth-order valence-corrected chi connectivity index (χ4v) is 3.19. The summed E-state index contributed by atoms with van der Waals surface area (Å²) in [5, 5.41) is 3.53. The number of hydrogen-bond acceptors (Lipinski definition) is 2. The quantitative estimate of drug-likeness (QED) is 0.821. The average Bonchev–Trinajstić information content (AvgIpc) is 2.69. The van der Waals surface area contributed by atoms with E-state index in [-0.39, 0.29) is 11.9 Å². The summed E-state index contributed by atoms with van der Waals surface area (Å²) in [4.78, 5) is 12.1. The first kappa shape index (κ1) is 14.7. The standard InChI is InChI=1S/C13H10Cl3NOS/c1-7(8-2-4-9(14)5-3-8)17-13(18)10-6-11(15)19-12(10)16/h2-7H,1H3,(H,17,18). The molecule has 1 N–H and O–H groups in total. The highest BCUT2D eigenvalue weighted by molar-refractivity contribution is 7.20. The molecular formula is C13H10Cl3NOS. The highest BCUT2D eigenvalue weighted by Gasteiger charge is 2.16. The molecule has 0 spiro atoms. The van der Waals surface area contributed by atoms with Crippen LogP contribution >= 0.6 is 46.1 Å². The van der Waals surface area contributed by atoms with E-state index in [1.54, 1.807) is 18.2 Å². The lowest BCUT2D eigenvalue weighted by Gasteiger charge is -2.14. The van der Waals surface area contributed by atoms with Crippen LogP contribution in [0.25, 0.3) is 0 Å². The Labute approximate surface area is 130 Å². The van der Waals surface area contributed by atoms with Crippen molar-refractivity contribution < 1.29 is 4.79 Å². The molecule has 0 aliphatic rings. The van der Waals surface area contributed by atoms with Crippen molar-refractivity contribution in [3.63, 3.8) is 0 Å². The van der Waals surface area contributed by atoms with Crippen LogP contribution in [-0.2, 0) is 0 Å². The molecule has 0 saturated carbocycles. The minimum absolute atomic E-state index is 0.139. The van der Waals surface area contributed by atoms with E-state index in [4.69, 9.17) is 34.8 Å². The van der Waals surface area contributed by atoms with E-state index < -0.39 is 0 Å². The molecule has 0 aliphatic carbocycles. The van der Waals surface area contributed by atoms with Gasteiger partial charge in [0.25, 0.3) is 5.91 Å². The molecule has 1 atom stereocenters. The second-order valence-corrected chi connectivity index (χ2v) is 6.71. The summed E-state index contributed by atoms with van der Waals surface area (Å²) in [5.41, 5.74) is 1.37. The van der Waals surface area contributed by atoms with Crippen molar-refractivity contribution in [3.8, 4) is 0 Å². The maximum Gasteiger partial charge on any atom is 0.254 e. The van der Waals surface area contributed by atoms with Crippen molar-refractivity contribution in [2.24, 2.45) is 0 Å². The van der Waals surface area contributed by atoms with Gasteiger partial charge in [-0.3, -0.25) is 4.79 Å². The second-order valence-electron chi connectivity index (χ2n) is 3.98. The number of benzene rings is 1. The molecule has 1 unspecified atom stereocenters. The molecule has 0 bridgehead atoms. The minimum Gasteiger partial charge on any atom is -0.345 e. The number of halogens is 3. The maximum atomic E-state index is 12.1. The molecule has 100 valence electrons. The number of carbonyl (C=O) groups is 1. The van der Waals surface area contributed by atoms with E-state index in [2.05, 4.69) is 5.32 Å². The first-order chi connectivity index (χ1) is 8.97. The van der Waals surface area contributed by atoms with Crippen LogP contribution in [0.5, 0.6) is 0 Å². The Kier molecular flexibility index (Phi) is 4.74. The molecular weight excluding hydrogens is 325 g/mol. The minimum atomic E-state index is -0.240. The summed E-state index contributed by atoms with van der Waals surface area (Å²) in [6, 6.07) is 8.74. The molecule has 2 aromatic rings. The van der Waals surface area contributed by atoms with E-state index in [0.29, 0.717) is 19.3 Å². The summed E-state index contributed by atoms with van der Waals surface area (Å²) >= 11 is 18.8. The molecule has 0 radical (unpaired) electrons. The van der Waals surface area contributed by atoms with E-state index >= 15 is 0 Å². The van der Waals surface area contributed by atoms with Crippen molar-refractivity contribution in [3.05, 3.63) is 55.2 Å². The number of thiophene rings is 1. The van der Waals surface area contributed by atoms with Crippen LogP contribution < -0.4 is 5.32 Å². The van der Waals surface area contributed by atoms with Crippen molar-refractivity contribution in [1.82, 2.24) is 5.32 Å². The molecule has 2 rings (SSSR count). The molecule has 2 nitrogen and oxygen atoms in total. The molecule has 19 heavy (non-hydrogen) atoms. The molecule has 6 heteroatoms. The molecule has 1 heterocycles. The largest absolute Gasteiger partial charge is 0.345 e. The fourth-order valence-electron chi connectivity index (χ4n) is 1.60. The van der Waals surface area contributed by atoms with E-state index in [9.17, 15) is 4.79 Å². The van der Waals surface area contributed by atoms with Gasteiger partial charge in [0.15, 0.2) is 0 Å². The highest BCUT2D eigenvalue weighted by atomic mass is 35.5. The lowest BCUT2D eigenvalue weighted by Crippen LogP contribution is -2.26. The third kappa shape index (κ3) is 3.63. The molecule has 1 aromatic heterocycles. The van der Waals surface area contributed by atoms with Crippen molar-refractivity contribution in [2.75, 3.05) is 0 Å². The summed E-state index contributed by atoms with van der Waals surface area (Å²) in [5.74, 6) is -0.240. The van der Waals surface area contributed by atoms with Gasteiger partial charge in [-0.05, 0) is 30.7 Å². The Morgan fingerprint density at radius 3 is 2.37 bits per heavy atom. The molecule has 1 amide bonds. The van der Waals surface area contributed by atoms with Gasteiger partial charge >= 0.3 is 0 Å². The van der Waals surface area contributed by atoms with E-state index in [1.807, 2.05) is 19.1 Å². The third-order valence-corrected chi connectivity index (χ3v) is 4.36. The van der Waals surface area contributed by atoms with Gasteiger partial charge in [-0.15, -0.1) is 11.3 Å². The monoisotopic (exact) mass is 333 g/mol. The zero-order valence-electron chi connectivity index (χ0n) is 9.91. The van der Waals surface area contributed by atoms with Crippen LogP contribution in [0.4, 0.5) is 0 Å². The second kappa shape index (κ2) is 6.14. The zero-order chi connectivity index (χ0) is 14.0. The van der Waals surface area contributed by atoms with E-state index in [0.717, 1.165) is 5.56 Å². The van der Waals surface area contributed by atoms with Gasteiger partial charge in [-0.25, -0.2) is 0 Å². The van der Waals surface area contributed by atoms with Gasteiger partial charge in [0, 0.05) is 5.02 Å². The van der Waals surface area contributed by atoms with Crippen molar-refractivity contribution in [1.29, 1.82) is 0 Å². The van der Waals surface area contributed by atoms with Gasteiger partial charge in [-0.1, -0.05) is 46.9 Å². The smallest absolute Gasteiger partial charge is 0.254 e. The normalized spacial score (nSPS) is 12.2. The topological polar surface area (TPSA) is 29.1 Å². The van der Waals surface area contributed by atoms with Gasteiger partial charge in [-0.2, -0.15) is 0 Å². The number of rotatable bonds is 3. The Hall–Kier alpha value is -0.740. The Morgan fingerprint density at radius 1 is 1.21 bits per heavy atom. The molecule has 0 fully saturated rings. The van der Waals surface area contributed by atoms with Crippen LogP contribution in [0, 0.1) is 0 Å². The van der Waals surface area contributed by atoms with Crippen LogP contribution in [0.2, 0.25) is 13.7 Å². The van der Waals surface area contributed by atoms with Gasteiger partial charge in [0.1, 0.15) is 4.34 Å². The molecule has 0 saturated heterocycles. The van der Waals surface area contributed by atoms with Crippen molar-refractivity contribution in [2.45, 2.75) is 13.0 Å². The van der Waals surface area contributed by atoms with Crippen molar-refractivity contribution >= 4 is 52.0 Å². The summed E-state index contributed by atoms with van der Waals surface area (Å²) < 4.78 is 0.889. The van der Waals surface area contributed by atoms with Gasteiger partial charge < -0.3 is 5.32 Å². The molecule has 0 aliphatic heterocycles. The zero-order valence-corrected chi connectivity index (χ0v) is 13.0. The van der Waals surface area contributed by atoms with Gasteiger partial charge in [0.05, 0.1) is 15.9 Å². The summed E-state index contributed by atoms with van der Waals surface area (Å²) in [6.07, 6.45) is 0. The van der Waals surface area contributed by atoms with Crippen LogP contribution in [0.1, 0.15) is 28.9 Å². The highest BCUT2D eigenvalue weighted by Crippen LogP contribution is 2.31. The number of hydrogen-bond donors (Lipinski definition) is 1. The Balaban J connectivity index is 2.10. The Bertz CT molecular complexity index is 594. The van der Waals surface area contributed by atoms with Gasteiger partial charge in [0.2, 0.25) is 0 Å². The average molecular weight is 335 g/mol. The maximum absolute atomic E-state index is 12.1. The molecule has 1 aromatic carbocycles. The van der Waals surface area contributed by atoms with Crippen LogP contribution in [0.3, 0.4) is 0 Å². The van der Waals surface area contributed by atoms with E-state index in [1.165, 1.54) is 11.3 Å². The predicted molar refractivity (Wildman–Crippen MR) is 81.7 cm³/mol. The SMILES string of the molecule is CC(NC(=O)c1cc(Cl)sc1Cl)c1ccc(Cl)cc1. The Morgan fingerprint density at radius 2 is 1.84 bits per heavy atom. The number of nitrogens with one attached hydrogen (secondary N) is 1. The summed E-state index contributed by atoms with van der Waals surface area (Å²) in [6.45, 7) is 1.89. The lowest BCUT2D eigenvalue weighted by atomic mass is 10.1. The predicted octanol–water partition coefficient (Wildman–Crippen LogP) is 5.20. The first-order valence-corrected chi connectivity index (χ1v) is 7.43. The number of amides is 1. The lowest BCUT2D eigenvalue weighted by molar-refractivity contribution is 0.0940. The number of carbonyl (C=O) groups excluding carboxylic acids is 1. The summed E-state index contributed by atoms with van der Waals surface area (Å²) in [7, 11) is 0. The van der Waals surface area contributed by atoms with Crippen LogP contribution in [-0.4, -0.2) is 5.91 Å².